The van der Waals surface area contributed by atoms with Crippen molar-refractivity contribution in [2.75, 3.05) is 31.1 Å². The van der Waals surface area contributed by atoms with Gasteiger partial charge in [0.2, 0.25) is 11.8 Å². The fourth-order valence-electron chi connectivity index (χ4n) is 4.47. The lowest BCUT2D eigenvalue weighted by Crippen LogP contribution is -2.45. The monoisotopic (exact) mass is 342 g/mol. The first kappa shape index (κ1) is 16.5. The minimum atomic E-state index is -0.251. The number of nitrogens with one attached hydrogen (secondary N) is 2. The first-order valence-corrected chi connectivity index (χ1v) is 9.41. The van der Waals surface area contributed by atoms with Gasteiger partial charge in [0.1, 0.15) is 5.82 Å². The van der Waals surface area contributed by atoms with E-state index in [0.29, 0.717) is 18.3 Å². The maximum atomic E-state index is 12.0. The fourth-order valence-corrected chi connectivity index (χ4v) is 4.47. The molecule has 1 spiro atoms. The molecule has 6 nitrogen and oxygen atoms in total. The first-order valence-electron chi connectivity index (χ1n) is 9.41. The van der Waals surface area contributed by atoms with Gasteiger partial charge in [-0.3, -0.25) is 14.9 Å². The van der Waals surface area contributed by atoms with Gasteiger partial charge in [-0.15, -0.1) is 0 Å². The molecule has 4 heterocycles. The Morgan fingerprint density at radius 2 is 1.84 bits per heavy atom. The highest BCUT2D eigenvalue weighted by Gasteiger charge is 2.36. The second-order valence-electron chi connectivity index (χ2n) is 7.69. The number of imide groups is 1. The molecule has 1 aromatic heterocycles. The SMILES string of the molecule is O=C1CCC(c2ccc(N3CCC4(CCNCC4)CC3)nc2)C(=O)N1. The molecular weight excluding hydrogens is 316 g/mol. The number of hydrogen-bond donors (Lipinski definition) is 2. The van der Waals surface area contributed by atoms with Crippen LogP contribution in [-0.4, -0.2) is 43.0 Å². The average molecular weight is 342 g/mol. The van der Waals surface area contributed by atoms with Gasteiger partial charge in [0.05, 0.1) is 5.92 Å². The smallest absolute Gasteiger partial charge is 0.234 e. The number of pyridine rings is 1. The quantitative estimate of drug-likeness (QED) is 0.798. The number of aromatic nitrogens is 1. The molecule has 0 aromatic carbocycles. The summed E-state index contributed by atoms with van der Waals surface area (Å²) in [4.78, 5) is 30.2. The largest absolute Gasteiger partial charge is 0.357 e. The van der Waals surface area contributed by atoms with Crippen molar-refractivity contribution in [2.45, 2.75) is 44.4 Å². The summed E-state index contributed by atoms with van der Waals surface area (Å²) in [5.74, 6) is 0.376. The number of hydrogen-bond acceptors (Lipinski definition) is 5. The molecule has 0 radical (unpaired) electrons. The maximum Gasteiger partial charge on any atom is 0.234 e. The molecular formula is C19H26N4O2. The fraction of sp³-hybridized carbons (Fsp3) is 0.632. The third kappa shape index (κ3) is 3.40. The summed E-state index contributed by atoms with van der Waals surface area (Å²) in [6, 6.07) is 4.02. The van der Waals surface area contributed by atoms with Crippen LogP contribution in [0.2, 0.25) is 0 Å². The summed E-state index contributed by atoms with van der Waals surface area (Å²) in [5.41, 5.74) is 1.44. The van der Waals surface area contributed by atoms with Crippen molar-refractivity contribution in [2.24, 2.45) is 5.41 Å². The molecule has 4 rings (SSSR count). The number of carbonyl (C=O) groups excluding carboxylic acids is 2. The normalized spacial score (nSPS) is 26.6. The molecule has 3 aliphatic rings. The predicted octanol–water partition coefficient (Wildman–Crippen LogP) is 1.57. The van der Waals surface area contributed by atoms with Gasteiger partial charge in [-0.25, -0.2) is 4.98 Å². The standard InChI is InChI=1S/C19H26N4O2/c24-17-4-2-15(18(25)22-17)14-1-3-16(21-13-14)23-11-7-19(8-12-23)5-9-20-10-6-19/h1,3,13,15,20H,2,4-12H2,(H,22,24,25). The van der Waals surface area contributed by atoms with Crippen LogP contribution in [-0.2, 0) is 9.59 Å². The van der Waals surface area contributed by atoms with Gasteiger partial charge in [0.25, 0.3) is 0 Å². The molecule has 3 saturated heterocycles. The van der Waals surface area contributed by atoms with Crippen molar-refractivity contribution in [3.63, 3.8) is 0 Å². The summed E-state index contributed by atoms with van der Waals surface area (Å²) in [7, 11) is 0. The molecule has 1 atom stereocenters. The number of anilines is 1. The summed E-state index contributed by atoms with van der Waals surface area (Å²) in [6.45, 7) is 4.42. The van der Waals surface area contributed by atoms with Crippen molar-refractivity contribution in [3.8, 4) is 0 Å². The maximum absolute atomic E-state index is 12.0. The third-order valence-electron chi connectivity index (χ3n) is 6.22. The summed E-state index contributed by atoms with van der Waals surface area (Å²) in [6.07, 6.45) is 7.86. The number of amides is 2. The van der Waals surface area contributed by atoms with Crippen LogP contribution in [0, 0.1) is 5.41 Å². The van der Waals surface area contributed by atoms with Crippen molar-refractivity contribution in [1.29, 1.82) is 0 Å². The van der Waals surface area contributed by atoms with Crippen LogP contribution >= 0.6 is 0 Å². The zero-order chi connectivity index (χ0) is 17.3. The van der Waals surface area contributed by atoms with Crippen LogP contribution in [0.25, 0.3) is 0 Å². The zero-order valence-corrected chi connectivity index (χ0v) is 14.6. The van der Waals surface area contributed by atoms with E-state index < -0.39 is 0 Å². The Balaban J connectivity index is 1.39. The second-order valence-corrected chi connectivity index (χ2v) is 7.69. The van der Waals surface area contributed by atoms with E-state index in [0.717, 1.165) is 37.6 Å². The highest BCUT2D eigenvalue weighted by atomic mass is 16.2. The number of carbonyl (C=O) groups is 2. The number of piperidine rings is 3. The Labute approximate surface area is 148 Å². The first-order chi connectivity index (χ1) is 12.2. The Kier molecular flexibility index (Phi) is 4.46. The van der Waals surface area contributed by atoms with E-state index in [-0.39, 0.29) is 17.7 Å². The molecule has 0 bridgehead atoms. The van der Waals surface area contributed by atoms with Crippen molar-refractivity contribution in [1.82, 2.24) is 15.6 Å². The number of nitrogens with zero attached hydrogens (tertiary/aromatic N) is 2. The lowest BCUT2D eigenvalue weighted by atomic mass is 9.71. The molecule has 0 saturated carbocycles. The summed E-state index contributed by atoms with van der Waals surface area (Å²) < 4.78 is 0. The molecule has 25 heavy (non-hydrogen) atoms. The van der Waals surface area contributed by atoms with E-state index in [1.807, 2.05) is 18.3 Å². The van der Waals surface area contributed by atoms with E-state index in [2.05, 4.69) is 20.5 Å². The van der Waals surface area contributed by atoms with Gasteiger partial charge < -0.3 is 10.2 Å². The highest BCUT2D eigenvalue weighted by Crippen LogP contribution is 2.40. The lowest BCUT2D eigenvalue weighted by Gasteiger charge is -2.44. The van der Waals surface area contributed by atoms with Gasteiger partial charge in [-0.05, 0) is 62.2 Å². The highest BCUT2D eigenvalue weighted by molar-refractivity contribution is 6.00. The van der Waals surface area contributed by atoms with Crippen LogP contribution < -0.4 is 15.5 Å². The van der Waals surface area contributed by atoms with Crippen molar-refractivity contribution < 1.29 is 9.59 Å². The third-order valence-corrected chi connectivity index (χ3v) is 6.22. The van der Waals surface area contributed by atoms with E-state index in [1.54, 1.807) is 0 Å². The van der Waals surface area contributed by atoms with Gasteiger partial charge in [0.15, 0.2) is 0 Å². The van der Waals surface area contributed by atoms with Crippen molar-refractivity contribution in [3.05, 3.63) is 23.9 Å². The minimum absolute atomic E-state index is 0.175. The van der Waals surface area contributed by atoms with Crippen LogP contribution in [0.3, 0.4) is 0 Å². The number of rotatable bonds is 2. The zero-order valence-electron chi connectivity index (χ0n) is 14.6. The lowest BCUT2D eigenvalue weighted by molar-refractivity contribution is -0.134. The van der Waals surface area contributed by atoms with Crippen LogP contribution in [0.1, 0.15) is 50.0 Å². The Morgan fingerprint density at radius 3 is 2.48 bits per heavy atom. The molecule has 1 aromatic rings. The van der Waals surface area contributed by atoms with Gasteiger partial charge in [0, 0.05) is 25.7 Å². The Bertz CT molecular complexity index is 642. The van der Waals surface area contributed by atoms with Crippen LogP contribution in [0.5, 0.6) is 0 Å². The van der Waals surface area contributed by atoms with E-state index in [9.17, 15) is 9.59 Å². The molecule has 2 amide bonds. The second kappa shape index (κ2) is 6.75. The summed E-state index contributed by atoms with van der Waals surface area (Å²) >= 11 is 0. The topological polar surface area (TPSA) is 74.3 Å². The van der Waals surface area contributed by atoms with Gasteiger partial charge in [-0.2, -0.15) is 0 Å². The molecule has 2 N–H and O–H groups in total. The average Bonchev–Trinajstić information content (AvgIpc) is 2.64. The van der Waals surface area contributed by atoms with Gasteiger partial charge >= 0.3 is 0 Å². The molecule has 3 aliphatic heterocycles. The minimum Gasteiger partial charge on any atom is -0.357 e. The van der Waals surface area contributed by atoms with Gasteiger partial charge in [-0.1, -0.05) is 6.07 Å². The van der Waals surface area contributed by atoms with Crippen LogP contribution in [0.15, 0.2) is 18.3 Å². The molecule has 1 unspecified atom stereocenters. The van der Waals surface area contributed by atoms with E-state index >= 15 is 0 Å². The van der Waals surface area contributed by atoms with Crippen molar-refractivity contribution >= 4 is 17.6 Å². The Morgan fingerprint density at radius 1 is 1.08 bits per heavy atom. The molecule has 134 valence electrons. The Hall–Kier alpha value is -1.95. The molecule has 6 heteroatoms. The summed E-state index contributed by atoms with van der Waals surface area (Å²) in [5, 5.41) is 5.88. The predicted molar refractivity (Wildman–Crippen MR) is 95.3 cm³/mol. The van der Waals surface area contributed by atoms with Crippen LogP contribution in [0.4, 0.5) is 5.82 Å². The van der Waals surface area contributed by atoms with E-state index in [1.165, 1.54) is 25.7 Å². The molecule has 3 fully saturated rings. The van der Waals surface area contributed by atoms with E-state index in [4.69, 9.17) is 0 Å². The molecule has 0 aliphatic carbocycles.